The van der Waals surface area contributed by atoms with Crippen LogP contribution in [0.5, 0.6) is 0 Å². The molecule has 1 saturated carbocycles. The first-order valence-corrected chi connectivity index (χ1v) is 14.0. The van der Waals surface area contributed by atoms with Crippen LogP contribution in [-0.4, -0.2) is 80.1 Å². The third kappa shape index (κ3) is 3.86. The van der Waals surface area contributed by atoms with Gasteiger partial charge >= 0.3 is 5.97 Å². The lowest BCUT2D eigenvalue weighted by molar-refractivity contribution is -0.153. The summed E-state index contributed by atoms with van der Waals surface area (Å²) in [7, 11) is 0. The van der Waals surface area contributed by atoms with Crippen LogP contribution in [0.25, 0.3) is 0 Å². The molecule has 0 aromatic rings. The normalized spacial score (nSPS) is 38.2. The Morgan fingerprint density at radius 1 is 1.09 bits per heavy atom. The van der Waals surface area contributed by atoms with E-state index in [1.54, 1.807) is 16.7 Å². The molecule has 1 unspecified atom stereocenters. The van der Waals surface area contributed by atoms with Crippen molar-refractivity contribution >= 4 is 29.5 Å². The van der Waals surface area contributed by atoms with Crippen LogP contribution in [0, 0.1) is 17.8 Å². The Bertz CT molecular complexity index is 944. The molecular formula is C27H38N2O5S. The Kier molecular flexibility index (Phi) is 6.58. The van der Waals surface area contributed by atoms with Gasteiger partial charge in [0.25, 0.3) is 0 Å². The number of aliphatic hydroxyl groups excluding tert-OH is 1. The van der Waals surface area contributed by atoms with Crippen molar-refractivity contribution in [2.75, 3.05) is 19.8 Å². The number of rotatable bonds is 5. The molecular weight excluding hydrogens is 464 g/mol. The molecule has 5 aliphatic rings. The molecule has 6 atom stereocenters. The van der Waals surface area contributed by atoms with E-state index in [0.29, 0.717) is 13.0 Å². The number of carbonyl (C=O) groups excluding carboxylic acids is 3. The smallest absolute Gasteiger partial charge is 0.311 e. The van der Waals surface area contributed by atoms with Gasteiger partial charge in [-0.2, -0.15) is 0 Å². The van der Waals surface area contributed by atoms with Crippen molar-refractivity contribution in [1.29, 1.82) is 0 Å². The van der Waals surface area contributed by atoms with E-state index < -0.39 is 33.4 Å². The summed E-state index contributed by atoms with van der Waals surface area (Å²) in [5.41, 5.74) is 0. The van der Waals surface area contributed by atoms with Gasteiger partial charge < -0.3 is 19.6 Å². The highest BCUT2D eigenvalue weighted by Gasteiger charge is 2.74. The molecule has 1 spiro atoms. The minimum Gasteiger partial charge on any atom is -0.461 e. The van der Waals surface area contributed by atoms with Gasteiger partial charge in [0, 0.05) is 17.3 Å². The van der Waals surface area contributed by atoms with Gasteiger partial charge in [0.15, 0.2) is 0 Å². The topological polar surface area (TPSA) is 87.2 Å². The Balaban J connectivity index is 1.63. The molecule has 8 heteroatoms. The van der Waals surface area contributed by atoms with Gasteiger partial charge in [-0.1, -0.05) is 51.3 Å². The molecule has 3 fully saturated rings. The predicted octanol–water partition coefficient (Wildman–Crippen LogP) is 2.93. The summed E-state index contributed by atoms with van der Waals surface area (Å²) in [5.74, 6) is -1.75. The number of esters is 1. The molecule has 5 rings (SSSR count). The molecule has 4 heterocycles. The zero-order valence-electron chi connectivity index (χ0n) is 21.0. The summed E-state index contributed by atoms with van der Waals surface area (Å²) < 4.78 is 3.98. The summed E-state index contributed by atoms with van der Waals surface area (Å²) in [6, 6.07) is -1.04. The lowest BCUT2D eigenvalue weighted by Gasteiger charge is -2.42. The zero-order chi connectivity index (χ0) is 25.0. The summed E-state index contributed by atoms with van der Waals surface area (Å²) in [6.07, 6.45) is 13.9. The molecule has 2 saturated heterocycles. The van der Waals surface area contributed by atoms with E-state index in [2.05, 4.69) is 19.9 Å². The molecule has 35 heavy (non-hydrogen) atoms. The zero-order valence-corrected chi connectivity index (χ0v) is 21.8. The Morgan fingerprint density at radius 2 is 1.83 bits per heavy atom. The third-order valence-corrected chi connectivity index (χ3v) is 10.4. The molecule has 1 N–H and O–H groups in total. The largest absolute Gasteiger partial charge is 0.461 e. The van der Waals surface area contributed by atoms with E-state index in [-0.39, 0.29) is 43.0 Å². The summed E-state index contributed by atoms with van der Waals surface area (Å²) in [4.78, 5) is 45.6. The Morgan fingerprint density at radius 3 is 2.51 bits per heavy atom. The monoisotopic (exact) mass is 502 g/mol. The summed E-state index contributed by atoms with van der Waals surface area (Å²) in [6.45, 7) is 6.62. The van der Waals surface area contributed by atoms with E-state index in [1.807, 2.05) is 30.1 Å². The van der Waals surface area contributed by atoms with Crippen molar-refractivity contribution in [2.24, 2.45) is 17.8 Å². The number of amides is 2. The first kappa shape index (κ1) is 24.9. The number of carbonyl (C=O) groups is 3. The van der Waals surface area contributed by atoms with E-state index >= 15 is 0 Å². The van der Waals surface area contributed by atoms with Gasteiger partial charge in [-0.25, -0.2) is 0 Å². The van der Waals surface area contributed by atoms with E-state index in [4.69, 9.17) is 4.74 Å². The number of aliphatic hydroxyl groups is 1. The molecule has 0 aromatic carbocycles. The van der Waals surface area contributed by atoms with Gasteiger partial charge in [0.1, 0.15) is 12.6 Å². The minimum atomic E-state index is -0.873. The molecule has 0 aromatic heterocycles. The van der Waals surface area contributed by atoms with Crippen LogP contribution < -0.4 is 0 Å². The average molecular weight is 503 g/mol. The van der Waals surface area contributed by atoms with Crippen LogP contribution in [0.15, 0.2) is 24.3 Å². The first-order chi connectivity index (χ1) is 16.7. The molecule has 1 aliphatic carbocycles. The highest BCUT2D eigenvalue weighted by atomic mass is 32.2. The van der Waals surface area contributed by atoms with Crippen LogP contribution in [-0.2, 0) is 19.1 Å². The number of hydrogen-bond donors (Lipinski definition) is 1. The fourth-order valence-corrected chi connectivity index (χ4v) is 9.39. The number of nitrogens with zero attached hydrogens (tertiary/aromatic N) is 2. The first-order valence-electron chi connectivity index (χ1n) is 13.2. The Labute approximate surface area is 212 Å². The van der Waals surface area contributed by atoms with Crippen molar-refractivity contribution in [2.45, 2.75) is 86.9 Å². The summed E-state index contributed by atoms with van der Waals surface area (Å²) in [5, 5.41) is 10.4. The van der Waals surface area contributed by atoms with Crippen LogP contribution in [0.2, 0.25) is 0 Å². The van der Waals surface area contributed by atoms with Crippen LogP contribution in [0.3, 0.4) is 0 Å². The van der Waals surface area contributed by atoms with Crippen molar-refractivity contribution in [3.8, 4) is 0 Å². The van der Waals surface area contributed by atoms with E-state index in [9.17, 15) is 19.5 Å². The van der Waals surface area contributed by atoms with Gasteiger partial charge in [-0.05, 0) is 38.2 Å². The van der Waals surface area contributed by atoms with Crippen molar-refractivity contribution in [3.05, 3.63) is 24.3 Å². The fourth-order valence-electron chi connectivity index (χ4n) is 7.25. The molecule has 2 amide bonds. The molecule has 7 nitrogen and oxygen atoms in total. The quantitative estimate of drug-likeness (QED) is 0.460. The second-order valence-corrected chi connectivity index (χ2v) is 13.2. The lowest BCUT2D eigenvalue weighted by atomic mass is 9.75. The number of likely N-dealkylation sites (tertiary alicyclic amines) is 1. The van der Waals surface area contributed by atoms with Crippen LogP contribution >= 0.6 is 11.8 Å². The summed E-state index contributed by atoms with van der Waals surface area (Å²) >= 11 is 1.57. The van der Waals surface area contributed by atoms with Crippen molar-refractivity contribution in [1.82, 2.24) is 9.80 Å². The van der Waals surface area contributed by atoms with Crippen LogP contribution in [0.4, 0.5) is 0 Å². The maximum absolute atomic E-state index is 14.4. The molecule has 0 bridgehead atoms. The average Bonchev–Trinajstić information content (AvgIpc) is 3.09. The van der Waals surface area contributed by atoms with Gasteiger partial charge in [0.05, 0.1) is 29.2 Å². The van der Waals surface area contributed by atoms with Crippen molar-refractivity contribution < 1.29 is 24.2 Å². The molecule has 4 aliphatic heterocycles. The molecule has 192 valence electrons. The third-order valence-electron chi connectivity index (χ3n) is 8.64. The second-order valence-electron chi connectivity index (χ2n) is 11.4. The van der Waals surface area contributed by atoms with Gasteiger partial charge in [0.2, 0.25) is 11.8 Å². The number of hydrogen-bond acceptors (Lipinski definition) is 6. The highest BCUT2D eigenvalue weighted by molar-refractivity contribution is 8.02. The van der Waals surface area contributed by atoms with Crippen LogP contribution in [0.1, 0.15) is 59.3 Å². The van der Waals surface area contributed by atoms with E-state index in [1.165, 1.54) is 6.42 Å². The van der Waals surface area contributed by atoms with Gasteiger partial charge in [-0.15, -0.1) is 11.8 Å². The minimum absolute atomic E-state index is 0.0372. The lowest BCUT2D eigenvalue weighted by Crippen LogP contribution is -2.58. The maximum atomic E-state index is 14.4. The fraction of sp³-hybridized carbons (Fsp3) is 0.741. The number of cyclic esters (lactones) is 1. The maximum Gasteiger partial charge on any atom is 0.311 e. The molecule has 0 radical (unpaired) electrons. The number of ether oxygens (including phenoxy) is 1. The van der Waals surface area contributed by atoms with E-state index in [0.717, 1.165) is 25.7 Å². The SMILES string of the molecule is CC(C)C[C@H](CO)N1C(=O)[C@@H]2[C@@H]3C(=O)OCC=C[C@]3(C)S[C@@]23C=CCN(C2CCCCC2)C(=O)C13. The second kappa shape index (κ2) is 9.25. The number of thioether (sulfide) groups is 1. The van der Waals surface area contributed by atoms with Crippen molar-refractivity contribution in [3.63, 3.8) is 0 Å². The standard InChI is InChI=1S/C27H38N2O5S/c1-17(2)15-19(16-30)29-22-24(32)28(18-9-5-4-6-10-18)13-7-12-27(22)20(23(29)31)21-25(33)34-14-8-11-26(21,3)35-27/h7-8,11-12,17-22,30H,4-6,9-10,13-16H2,1-3H3/t19-,20+,21-,22?,26+,27+/m1/s1. The predicted molar refractivity (Wildman–Crippen MR) is 134 cm³/mol. The highest BCUT2D eigenvalue weighted by Crippen LogP contribution is 2.65. The van der Waals surface area contributed by atoms with Gasteiger partial charge in [-0.3, -0.25) is 14.4 Å². The Hall–Kier alpha value is -1.80. The number of fused-ring (bicyclic) bond motifs is 2.